The Balaban J connectivity index is 1.66. The first-order valence-corrected chi connectivity index (χ1v) is 8.48. The van der Waals surface area contributed by atoms with Crippen molar-refractivity contribution >= 4 is 35.1 Å². The maximum Gasteiger partial charge on any atom is 0.325 e. The zero-order chi connectivity index (χ0) is 19.6. The minimum absolute atomic E-state index is 0.230. The van der Waals surface area contributed by atoms with Crippen LogP contribution in [-0.2, 0) is 19.1 Å². The molecule has 0 atom stereocenters. The third-order valence-corrected chi connectivity index (χ3v) is 3.86. The molecular formula is C19H19ClN2O5. The number of para-hydroxylation sites is 1. The fourth-order valence-corrected chi connectivity index (χ4v) is 2.19. The molecule has 0 saturated heterocycles. The molecule has 0 aliphatic rings. The van der Waals surface area contributed by atoms with Gasteiger partial charge in [0.25, 0.3) is 11.8 Å². The van der Waals surface area contributed by atoms with Crippen LogP contribution in [0.2, 0.25) is 5.02 Å². The van der Waals surface area contributed by atoms with Crippen molar-refractivity contribution in [2.45, 2.75) is 6.92 Å². The monoisotopic (exact) mass is 390 g/mol. The van der Waals surface area contributed by atoms with Crippen molar-refractivity contribution < 1.29 is 23.9 Å². The zero-order valence-corrected chi connectivity index (χ0v) is 15.4. The lowest BCUT2D eigenvalue weighted by atomic mass is 10.2. The van der Waals surface area contributed by atoms with Gasteiger partial charge in [-0.1, -0.05) is 35.9 Å². The number of carbonyl (C=O) groups excluding carboxylic acids is 3. The summed E-state index contributed by atoms with van der Waals surface area (Å²) in [7, 11) is 0. The molecule has 0 aromatic heterocycles. The molecule has 2 aromatic carbocycles. The van der Waals surface area contributed by atoms with E-state index in [1.54, 1.807) is 49.4 Å². The van der Waals surface area contributed by atoms with E-state index in [-0.39, 0.29) is 13.2 Å². The van der Waals surface area contributed by atoms with Gasteiger partial charge in [-0.15, -0.1) is 0 Å². The number of halogens is 1. The summed E-state index contributed by atoms with van der Waals surface area (Å²) in [6, 6.07) is 13.9. The van der Waals surface area contributed by atoms with Crippen LogP contribution < -0.4 is 15.4 Å². The van der Waals surface area contributed by atoms with Gasteiger partial charge in [0.05, 0.1) is 0 Å². The smallest absolute Gasteiger partial charge is 0.325 e. The molecule has 2 aromatic rings. The van der Waals surface area contributed by atoms with Crippen LogP contribution in [0.3, 0.4) is 0 Å². The summed E-state index contributed by atoms with van der Waals surface area (Å²) in [5, 5.41) is 5.48. The van der Waals surface area contributed by atoms with E-state index in [9.17, 15) is 14.4 Å². The average Bonchev–Trinajstić information content (AvgIpc) is 2.67. The van der Waals surface area contributed by atoms with Crippen LogP contribution in [0.15, 0.2) is 48.5 Å². The highest BCUT2D eigenvalue weighted by Crippen LogP contribution is 2.22. The lowest BCUT2D eigenvalue weighted by Crippen LogP contribution is -2.35. The second kappa shape index (κ2) is 10.2. The van der Waals surface area contributed by atoms with E-state index in [1.807, 2.05) is 6.07 Å². The summed E-state index contributed by atoms with van der Waals surface area (Å²) in [6.07, 6.45) is 0. The van der Waals surface area contributed by atoms with E-state index in [1.165, 1.54) is 0 Å². The number of esters is 1. The third kappa shape index (κ3) is 6.99. The lowest BCUT2D eigenvalue weighted by molar-refractivity contribution is -0.147. The maximum atomic E-state index is 11.8. The molecule has 8 heteroatoms. The molecule has 2 rings (SSSR count). The highest BCUT2D eigenvalue weighted by molar-refractivity contribution is 6.31. The van der Waals surface area contributed by atoms with E-state index in [0.717, 1.165) is 0 Å². The van der Waals surface area contributed by atoms with Crippen molar-refractivity contribution in [1.29, 1.82) is 0 Å². The number of hydrogen-bond donors (Lipinski definition) is 2. The predicted molar refractivity (Wildman–Crippen MR) is 101 cm³/mol. The first-order chi connectivity index (χ1) is 13.0. The second-order valence-corrected chi connectivity index (χ2v) is 5.91. The topological polar surface area (TPSA) is 93.7 Å². The second-order valence-electron chi connectivity index (χ2n) is 5.50. The molecule has 0 bridgehead atoms. The fraction of sp³-hybridized carbons (Fsp3) is 0.211. The molecule has 0 spiro atoms. The SMILES string of the molecule is Cc1c(Cl)cccc1NC(=O)COC(=O)CNC(=O)COc1ccccc1. The Morgan fingerprint density at radius 2 is 1.70 bits per heavy atom. The number of anilines is 1. The third-order valence-electron chi connectivity index (χ3n) is 3.45. The van der Waals surface area contributed by atoms with Crippen molar-refractivity contribution in [1.82, 2.24) is 5.32 Å². The molecule has 27 heavy (non-hydrogen) atoms. The number of nitrogens with one attached hydrogen (secondary N) is 2. The van der Waals surface area contributed by atoms with Gasteiger partial charge in [0.15, 0.2) is 13.2 Å². The van der Waals surface area contributed by atoms with Crippen LogP contribution in [0.4, 0.5) is 5.69 Å². The Morgan fingerprint density at radius 1 is 0.963 bits per heavy atom. The van der Waals surface area contributed by atoms with E-state index in [4.69, 9.17) is 21.1 Å². The van der Waals surface area contributed by atoms with E-state index < -0.39 is 24.4 Å². The first-order valence-electron chi connectivity index (χ1n) is 8.11. The summed E-state index contributed by atoms with van der Waals surface area (Å²) < 4.78 is 10.1. The van der Waals surface area contributed by atoms with Crippen molar-refractivity contribution in [2.75, 3.05) is 25.1 Å². The molecule has 7 nitrogen and oxygen atoms in total. The van der Waals surface area contributed by atoms with Crippen molar-refractivity contribution in [3.63, 3.8) is 0 Å². The average molecular weight is 391 g/mol. The van der Waals surface area contributed by atoms with Crippen LogP contribution in [0.25, 0.3) is 0 Å². The lowest BCUT2D eigenvalue weighted by Gasteiger charge is -2.10. The number of amides is 2. The Morgan fingerprint density at radius 3 is 2.44 bits per heavy atom. The van der Waals surface area contributed by atoms with Gasteiger partial charge >= 0.3 is 5.97 Å². The Labute approximate surface area is 161 Å². The zero-order valence-electron chi connectivity index (χ0n) is 14.7. The number of benzene rings is 2. The van der Waals surface area contributed by atoms with E-state index >= 15 is 0 Å². The first kappa shape index (κ1) is 20.3. The molecule has 142 valence electrons. The molecule has 0 heterocycles. The van der Waals surface area contributed by atoms with Crippen molar-refractivity contribution in [2.24, 2.45) is 0 Å². The van der Waals surface area contributed by atoms with Crippen molar-refractivity contribution in [3.8, 4) is 5.75 Å². The molecule has 0 radical (unpaired) electrons. The molecule has 0 saturated carbocycles. The van der Waals surface area contributed by atoms with Crippen LogP contribution in [-0.4, -0.2) is 37.5 Å². The number of rotatable bonds is 8. The Hall–Kier alpha value is -3.06. The number of ether oxygens (including phenoxy) is 2. The largest absolute Gasteiger partial charge is 0.484 e. The van der Waals surface area contributed by atoms with Gasteiger partial charge in [0.2, 0.25) is 0 Å². The molecule has 2 N–H and O–H groups in total. The van der Waals surface area contributed by atoms with Gasteiger partial charge in [-0.3, -0.25) is 14.4 Å². The van der Waals surface area contributed by atoms with Gasteiger partial charge in [-0.2, -0.15) is 0 Å². The molecule has 0 aliphatic heterocycles. The maximum absolute atomic E-state index is 11.8. The summed E-state index contributed by atoms with van der Waals surface area (Å²) >= 11 is 5.97. The highest BCUT2D eigenvalue weighted by atomic mass is 35.5. The summed E-state index contributed by atoms with van der Waals surface area (Å²) in [4.78, 5) is 35.1. The van der Waals surface area contributed by atoms with Gasteiger partial charge in [-0.05, 0) is 36.8 Å². The Kier molecular flexibility index (Phi) is 7.63. The molecule has 0 unspecified atom stereocenters. The van der Waals surface area contributed by atoms with Gasteiger partial charge < -0.3 is 20.1 Å². The number of hydrogen-bond acceptors (Lipinski definition) is 5. The van der Waals surface area contributed by atoms with E-state index in [2.05, 4.69) is 10.6 Å². The van der Waals surface area contributed by atoms with Crippen LogP contribution >= 0.6 is 11.6 Å². The van der Waals surface area contributed by atoms with Crippen LogP contribution in [0.5, 0.6) is 5.75 Å². The summed E-state index contributed by atoms with van der Waals surface area (Å²) in [6.45, 7) is 0.699. The molecule has 0 fully saturated rings. The van der Waals surface area contributed by atoms with Gasteiger partial charge in [0.1, 0.15) is 12.3 Å². The summed E-state index contributed by atoms with van der Waals surface area (Å²) in [5.41, 5.74) is 1.25. The van der Waals surface area contributed by atoms with Crippen LogP contribution in [0.1, 0.15) is 5.56 Å². The number of carbonyl (C=O) groups is 3. The minimum atomic E-state index is -0.735. The quantitative estimate of drug-likeness (QED) is 0.675. The normalized spacial score (nSPS) is 10.0. The predicted octanol–water partition coefficient (Wildman–Crippen LogP) is 2.33. The van der Waals surface area contributed by atoms with Crippen molar-refractivity contribution in [3.05, 3.63) is 59.1 Å². The Bertz CT molecular complexity index is 811. The molecule has 2 amide bonds. The van der Waals surface area contributed by atoms with E-state index in [0.29, 0.717) is 22.0 Å². The minimum Gasteiger partial charge on any atom is -0.484 e. The summed E-state index contributed by atoms with van der Waals surface area (Å²) in [5.74, 6) is -1.17. The standard InChI is InChI=1S/C19H19ClN2O5/c1-13-15(20)8-5-9-16(13)22-18(24)12-27-19(25)10-21-17(23)11-26-14-6-3-2-4-7-14/h2-9H,10-12H2,1H3,(H,21,23)(H,22,24). The molecular weight excluding hydrogens is 372 g/mol. The highest BCUT2D eigenvalue weighted by Gasteiger charge is 2.11. The molecule has 0 aliphatic carbocycles. The fourth-order valence-electron chi connectivity index (χ4n) is 2.01. The van der Waals surface area contributed by atoms with Gasteiger partial charge in [-0.25, -0.2) is 0 Å². The van der Waals surface area contributed by atoms with Gasteiger partial charge in [0, 0.05) is 10.7 Å². The van der Waals surface area contributed by atoms with Crippen LogP contribution in [0, 0.1) is 6.92 Å².